The number of H-pyrrole nitrogens is 1. The van der Waals surface area contributed by atoms with Gasteiger partial charge in [-0.25, -0.2) is 0 Å². The molecule has 3 aromatic rings. The highest BCUT2D eigenvalue weighted by molar-refractivity contribution is 5.96. The summed E-state index contributed by atoms with van der Waals surface area (Å²) in [5, 5.41) is 5.00. The second-order valence-corrected chi connectivity index (χ2v) is 7.57. The minimum Gasteiger partial charge on any atom is -0.342 e. The van der Waals surface area contributed by atoms with E-state index in [2.05, 4.69) is 20.2 Å². The predicted molar refractivity (Wildman–Crippen MR) is 110 cm³/mol. The van der Waals surface area contributed by atoms with Crippen LogP contribution in [0.3, 0.4) is 0 Å². The summed E-state index contributed by atoms with van der Waals surface area (Å²) < 4.78 is 0. The van der Waals surface area contributed by atoms with Crippen molar-refractivity contribution in [2.24, 2.45) is 0 Å². The van der Waals surface area contributed by atoms with E-state index in [4.69, 9.17) is 0 Å². The first kappa shape index (κ1) is 17.0. The van der Waals surface area contributed by atoms with Gasteiger partial charge in [-0.2, -0.15) is 4.98 Å². The molecule has 5 rings (SSSR count). The minimum atomic E-state index is -0.304. The Kier molecular flexibility index (Phi) is 4.11. The molecule has 28 heavy (non-hydrogen) atoms. The maximum Gasteiger partial charge on any atom is 0.258 e. The highest BCUT2D eigenvalue weighted by atomic mass is 16.2. The van der Waals surface area contributed by atoms with Crippen LogP contribution in [0, 0.1) is 0 Å². The number of anilines is 2. The van der Waals surface area contributed by atoms with E-state index in [-0.39, 0.29) is 23.8 Å². The lowest BCUT2D eigenvalue weighted by Gasteiger charge is -2.30. The fraction of sp³-hybridized carbons (Fsp3) is 0.318. The van der Waals surface area contributed by atoms with Crippen molar-refractivity contribution >= 4 is 28.4 Å². The van der Waals surface area contributed by atoms with Crippen LogP contribution in [-0.2, 0) is 4.79 Å². The number of hydrogen-bond donors (Lipinski definition) is 2. The van der Waals surface area contributed by atoms with Crippen molar-refractivity contribution in [3.63, 3.8) is 0 Å². The monoisotopic (exact) mass is 374 g/mol. The van der Waals surface area contributed by atoms with Crippen LogP contribution >= 0.6 is 0 Å². The molecule has 0 bridgehead atoms. The predicted octanol–water partition coefficient (Wildman–Crippen LogP) is 3.39. The Labute approximate surface area is 162 Å². The first-order chi connectivity index (χ1) is 13.7. The molecule has 2 aromatic carbocycles. The number of amides is 1. The van der Waals surface area contributed by atoms with Crippen LogP contribution < -0.4 is 15.8 Å². The van der Waals surface area contributed by atoms with Gasteiger partial charge in [-0.05, 0) is 35.6 Å². The third-order valence-electron chi connectivity index (χ3n) is 5.79. The summed E-state index contributed by atoms with van der Waals surface area (Å²) in [6, 6.07) is 14.1. The van der Waals surface area contributed by atoms with Gasteiger partial charge in [-0.1, -0.05) is 42.5 Å². The molecule has 1 fully saturated rings. The van der Waals surface area contributed by atoms with Gasteiger partial charge in [0.15, 0.2) is 0 Å². The van der Waals surface area contributed by atoms with Gasteiger partial charge in [0.2, 0.25) is 11.9 Å². The van der Waals surface area contributed by atoms with Crippen LogP contribution in [0.25, 0.3) is 10.8 Å². The SMILES string of the molecule is O=C1C[C@@H](c2cccc3ccccc23)c2c(nc(N3CCCCC3)[nH]c2=O)N1. The van der Waals surface area contributed by atoms with Gasteiger partial charge in [-0.15, -0.1) is 0 Å². The minimum absolute atomic E-state index is 0.104. The molecule has 6 nitrogen and oxygen atoms in total. The third kappa shape index (κ3) is 2.85. The molecule has 2 aliphatic rings. The van der Waals surface area contributed by atoms with Gasteiger partial charge < -0.3 is 10.2 Å². The Morgan fingerprint density at radius 3 is 2.61 bits per heavy atom. The Morgan fingerprint density at radius 1 is 0.964 bits per heavy atom. The van der Waals surface area contributed by atoms with Crippen LogP contribution in [0.4, 0.5) is 11.8 Å². The fourth-order valence-corrected chi connectivity index (χ4v) is 4.43. The van der Waals surface area contributed by atoms with Crippen molar-refractivity contribution in [3.8, 4) is 0 Å². The Morgan fingerprint density at radius 2 is 1.75 bits per heavy atom. The smallest absolute Gasteiger partial charge is 0.258 e. The molecule has 142 valence electrons. The van der Waals surface area contributed by atoms with Crippen LogP contribution in [0.2, 0.25) is 0 Å². The number of aromatic nitrogens is 2. The van der Waals surface area contributed by atoms with Gasteiger partial charge in [0, 0.05) is 25.4 Å². The maximum absolute atomic E-state index is 13.1. The molecule has 1 saturated heterocycles. The van der Waals surface area contributed by atoms with Crippen molar-refractivity contribution < 1.29 is 4.79 Å². The van der Waals surface area contributed by atoms with Gasteiger partial charge in [-0.3, -0.25) is 14.6 Å². The molecular weight excluding hydrogens is 352 g/mol. The molecule has 0 spiro atoms. The van der Waals surface area contributed by atoms with Gasteiger partial charge in [0.25, 0.3) is 5.56 Å². The van der Waals surface area contributed by atoms with E-state index in [0.29, 0.717) is 17.3 Å². The molecule has 2 aliphatic heterocycles. The summed E-state index contributed by atoms with van der Waals surface area (Å²) in [5.41, 5.74) is 1.38. The fourth-order valence-electron chi connectivity index (χ4n) is 4.43. The van der Waals surface area contributed by atoms with Crippen molar-refractivity contribution in [2.75, 3.05) is 23.3 Å². The molecule has 1 atom stereocenters. The molecule has 1 aromatic heterocycles. The van der Waals surface area contributed by atoms with E-state index < -0.39 is 0 Å². The van der Waals surface area contributed by atoms with E-state index in [1.54, 1.807) is 0 Å². The Hall–Kier alpha value is -3.15. The number of carbonyl (C=O) groups is 1. The molecule has 1 amide bonds. The molecular formula is C22H22N4O2. The second kappa shape index (κ2) is 6.78. The van der Waals surface area contributed by atoms with Crippen molar-refractivity contribution in [1.82, 2.24) is 9.97 Å². The number of piperidine rings is 1. The first-order valence-corrected chi connectivity index (χ1v) is 9.87. The first-order valence-electron chi connectivity index (χ1n) is 9.87. The summed E-state index contributed by atoms with van der Waals surface area (Å²) >= 11 is 0. The quantitative estimate of drug-likeness (QED) is 0.721. The number of nitrogens with zero attached hydrogens (tertiary/aromatic N) is 2. The van der Waals surface area contributed by atoms with E-state index >= 15 is 0 Å². The number of fused-ring (bicyclic) bond motifs is 2. The number of carbonyl (C=O) groups excluding carboxylic acids is 1. The Balaban J connectivity index is 1.65. The normalized spacial score (nSPS) is 19.4. The highest BCUT2D eigenvalue weighted by Gasteiger charge is 2.32. The molecule has 0 aliphatic carbocycles. The van der Waals surface area contributed by atoms with Crippen molar-refractivity contribution in [1.29, 1.82) is 0 Å². The average molecular weight is 374 g/mol. The largest absolute Gasteiger partial charge is 0.342 e. The van der Waals surface area contributed by atoms with Crippen molar-refractivity contribution in [2.45, 2.75) is 31.6 Å². The van der Waals surface area contributed by atoms with Gasteiger partial charge in [0.1, 0.15) is 5.82 Å². The molecule has 2 N–H and O–H groups in total. The number of benzene rings is 2. The zero-order valence-corrected chi connectivity index (χ0v) is 15.6. The summed E-state index contributed by atoms with van der Waals surface area (Å²) in [5.74, 6) is 0.551. The number of aromatic amines is 1. The van der Waals surface area contributed by atoms with E-state index in [1.807, 2.05) is 42.5 Å². The zero-order chi connectivity index (χ0) is 19.1. The van der Waals surface area contributed by atoms with Crippen molar-refractivity contribution in [3.05, 3.63) is 63.9 Å². The lowest BCUT2D eigenvalue weighted by atomic mass is 9.84. The Bertz CT molecular complexity index is 1110. The standard InChI is InChI=1S/C22H22N4O2/c27-18-13-17(16-10-6-8-14-7-2-3-9-15(14)16)19-20(23-18)24-22(25-21(19)28)26-11-4-1-5-12-26/h2-3,6-10,17H,1,4-5,11-13H2,(H2,23,24,25,27,28)/t17-/m0/s1. The summed E-state index contributed by atoms with van der Waals surface area (Å²) in [6.45, 7) is 1.75. The van der Waals surface area contributed by atoms with E-state index in [1.165, 1.54) is 6.42 Å². The number of nitrogens with one attached hydrogen (secondary N) is 2. The van der Waals surface area contributed by atoms with E-state index in [0.717, 1.165) is 42.3 Å². The molecule has 0 unspecified atom stereocenters. The van der Waals surface area contributed by atoms with Crippen LogP contribution in [0.1, 0.15) is 42.7 Å². The average Bonchev–Trinajstić information content (AvgIpc) is 2.73. The van der Waals surface area contributed by atoms with Crippen LogP contribution in [0.15, 0.2) is 47.3 Å². The topological polar surface area (TPSA) is 78.1 Å². The number of rotatable bonds is 2. The van der Waals surface area contributed by atoms with Gasteiger partial charge >= 0.3 is 0 Å². The lowest BCUT2D eigenvalue weighted by molar-refractivity contribution is -0.116. The van der Waals surface area contributed by atoms with Crippen LogP contribution in [0.5, 0.6) is 0 Å². The maximum atomic E-state index is 13.1. The van der Waals surface area contributed by atoms with E-state index in [9.17, 15) is 9.59 Å². The summed E-state index contributed by atoms with van der Waals surface area (Å²) in [6.07, 6.45) is 3.62. The van der Waals surface area contributed by atoms with Gasteiger partial charge in [0.05, 0.1) is 5.56 Å². The van der Waals surface area contributed by atoms with Crippen LogP contribution in [-0.4, -0.2) is 29.0 Å². The highest BCUT2D eigenvalue weighted by Crippen LogP contribution is 2.37. The summed E-state index contributed by atoms with van der Waals surface area (Å²) in [4.78, 5) is 35.3. The number of hydrogen-bond acceptors (Lipinski definition) is 4. The zero-order valence-electron chi connectivity index (χ0n) is 15.6. The molecule has 3 heterocycles. The molecule has 6 heteroatoms. The molecule has 0 saturated carbocycles. The second-order valence-electron chi connectivity index (χ2n) is 7.57. The summed E-state index contributed by atoms with van der Waals surface area (Å²) in [7, 11) is 0. The molecule has 0 radical (unpaired) electrons. The lowest BCUT2D eigenvalue weighted by Crippen LogP contribution is -2.36. The third-order valence-corrected chi connectivity index (χ3v) is 5.79.